The minimum Gasteiger partial charge on any atom is -0.345 e. The van der Waals surface area contributed by atoms with Gasteiger partial charge in [-0.05, 0) is 6.07 Å². The van der Waals surface area contributed by atoms with Crippen LogP contribution in [0.1, 0.15) is 0 Å². The molecule has 0 aromatic carbocycles. The number of aromatic nitrogens is 3. The first-order valence-corrected chi connectivity index (χ1v) is 4.29. The Morgan fingerprint density at radius 2 is 2.25 bits per heavy atom. The van der Waals surface area contributed by atoms with Gasteiger partial charge in [-0.1, -0.05) is 0 Å². The van der Waals surface area contributed by atoms with E-state index < -0.39 is 10.3 Å². The highest BCUT2D eigenvalue weighted by atomic mass is 32.2. The van der Waals surface area contributed by atoms with Crippen molar-refractivity contribution in [2.45, 2.75) is 0 Å². The maximum absolute atomic E-state index is 10.5. The summed E-state index contributed by atoms with van der Waals surface area (Å²) in [5, 5.41) is 0. The third-order valence-corrected chi connectivity index (χ3v) is 2.04. The molecule has 12 heavy (non-hydrogen) atoms. The molecule has 6 heteroatoms. The Labute approximate surface area is 68.6 Å². The molecule has 0 unspecified atom stereocenters. The molecule has 62 valence electrons. The van der Waals surface area contributed by atoms with Crippen LogP contribution in [0.2, 0.25) is 0 Å². The summed E-state index contributed by atoms with van der Waals surface area (Å²) in [5.41, 5.74) is 1.32. The lowest BCUT2D eigenvalue weighted by atomic mass is 10.5. The van der Waals surface area contributed by atoms with Gasteiger partial charge in [0.15, 0.2) is 10.3 Å². The van der Waals surface area contributed by atoms with E-state index in [9.17, 15) is 8.42 Å². The topological polar surface area (TPSA) is 78.6 Å². The largest absolute Gasteiger partial charge is 0.345 e. The van der Waals surface area contributed by atoms with Crippen LogP contribution in [-0.4, -0.2) is 23.4 Å². The summed E-state index contributed by atoms with van der Waals surface area (Å²) in [7, 11) is -2.25. The van der Waals surface area contributed by atoms with Gasteiger partial charge in [0.2, 0.25) is 10.3 Å². The Morgan fingerprint density at radius 3 is 3.00 bits per heavy atom. The number of nitrogens with one attached hydrogen (secondary N) is 2. The van der Waals surface area contributed by atoms with Gasteiger partial charge in [-0.2, -0.15) is 8.42 Å². The van der Waals surface area contributed by atoms with Gasteiger partial charge in [0.1, 0.15) is 0 Å². The summed E-state index contributed by atoms with van der Waals surface area (Å²) in [6.45, 7) is 0. The van der Waals surface area contributed by atoms with Crippen molar-refractivity contribution >= 4 is 21.5 Å². The summed E-state index contributed by atoms with van der Waals surface area (Å²) in [6.07, 6.45) is 2.95. The summed E-state index contributed by atoms with van der Waals surface area (Å²) in [6, 6.07) is 1.72. The van der Waals surface area contributed by atoms with E-state index in [1.807, 2.05) is 0 Å². The van der Waals surface area contributed by atoms with Crippen molar-refractivity contribution in [3.05, 3.63) is 23.1 Å². The lowest BCUT2D eigenvalue weighted by Gasteiger charge is -1.85. The standard InChI is InChI=1S/C6H5N3O2S/c10-12(11)5-3-8-6-4(9-5)1-2-7-6/h1-3,7,9H. The fourth-order valence-electron chi connectivity index (χ4n) is 0.941. The molecule has 2 aromatic heterocycles. The Kier molecular flexibility index (Phi) is 1.47. The number of nitrogens with zero attached hydrogens (tertiary/aromatic N) is 1. The number of rotatable bonds is 0. The molecule has 0 radical (unpaired) electrons. The zero-order valence-corrected chi connectivity index (χ0v) is 6.72. The van der Waals surface area contributed by atoms with Crippen LogP contribution in [0.4, 0.5) is 0 Å². The van der Waals surface area contributed by atoms with Gasteiger partial charge in [-0.15, -0.1) is 0 Å². The van der Waals surface area contributed by atoms with Crippen molar-refractivity contribution in [2.75, 3.05) is 0 Å². The van der Waals surface area contributed by atoms with Crippen molar-refractivity contribution in [1.29, 1.82) is 0 Å². The molecular weight excluding hydrogens is 178 g/mol. The number of hydrogen-bond donors (Lipinski definition) is 2. The van der Waals surface area contributed by atoms with E-state index in [4.69, 9.17) is 0 Å². The van der Waals surface area contributed by atoms with E-state index in [-0.39, 0.29) is 4.64 Å². The highest BCUT2D eigenvalue weighted by molar-refractivity contribution is 7.63. The molecule has 0 saturated heterocycles. The Hall–Kier alpha value is -1.56. The van der Waals surface area contributed by atoms with E-state index in [1.165, 1.54) is 6.20 Å². The molecule has 0 aliphatic carbocycles. The van der Waals surface area contributed by atoms with Crippen molar-refractivity contribution in [3.8, 4) is 0 Å². The second-order valence-corrected chi connectivity index (χ2v) is 3.13. The molecule has 0 aliphatic heterocycles. The van der Waals surface area contributed by atoms with Crippen LogP contribution < -0.4 is 0 Å². The molecule has 0 saturated carbocycles. The normalized spacial score (nSPS) is 10.3. The highest BCUT2D eigenvalue weighted by Crippen LogP contribution is 2.02. The van der Waals surface area contributed by atoms with Crippen molar-refractivity contribution in [1.82, 2.24) is 15.0 Å². The third kappa shape index (κ3) is 1.02. The number of aromatic amines is 2. The monoisotopic (exact) mass is 183 g/mol. The van der Waals surface area contributed by atoms with Gasteiger partial charge in [0, 0.05) is 6.20 Å². The molecule has 0 amide bonds. The SMILES string of the molecule is O=S(=O)=c1cnc2[nH]ccc2[nH]1. The second kappa shape index (κ2) is 2.49. The molecule has 2 heterocycles. The average Bonchev–Trinajstić information content (AvgIpc) is 2.49. The molecule has 2 rings (SSSR count). The van der Waals surface area contributed by atoms with Crippen molar-refractivity contribution in [2.24, 2.45) is 0 Å². The molecule has 0 bridgehead atoms. The molecule has 5 nitrogen and oxygen atoms in total. The minimum absolute atomic E-state index is 0.0853. The molecule has 2 N–H and O–H groups in total. The molecule has 0 spiro atoms. The smallest absolute Gasteiger partial charge is 0.239 e. The van der Waals surface area contributed by atoms with Crippen LogP contribution in [0.15, 0.2) is 18.5 Å². The first kappa shape index (κ1) is 7.11. The average molecular weight is 183 g/mol. The molecule has 0 aliphatic rings. The lowest BCUT2D eigenvalue weighted by Crippen LogP contribution is -1.82. The van der Waals surface area contributed by atoms with E-state index in [1.54, 1.807) is 12.3 Å². The lowest BCUT2D eigenvalue weighted by molar-refractivity contribution is 0.624. The molecule has 0 fully saturated rings. The van der Waals surface area contributed by atoms with Gasteiger partial charge in [0.05, 0.1) is 11.7 Å². The first-order chi connectivity index (χ1) is 5.77. The van der Waals surface area contributed by atoms with Crippen LogP contribution in [0, 0.1) is 4.64 Å². The Bertz CT molecular complexity index is 570. The van der Waals surface area contributed by atoms with Crippen LogP contribution in [-0.2, 0) is 10.3 Å². The van der Waals surface area contributed by atoms with Crippen LogP contribution in [0.3, 0.4) is 0 Å². The van der Waals surface area contributed by atoms with E-state index in [0.717, 1.165) is 0 Å². The quantitative estimate of drug-likeness (QED) is 0.576. The van der Waals surface area contributed by atoms with E-state index >= 15 is 0 Å². The predicted molar refractivity (Wildman–Crippen MR) is 42.6 cm³/mol. The minimum atomic E-state index is -2.25. The van der Waals surface area contributed by atoms with Crippen LogP contribution in [0.5, 0.6) is 0 Å². The second-order valence-electron chi connectivity index (χ2n) is 2.22. The van der Waals surface area contributed by atoms with Crippen molar-refractivity contribution in [3.63, 3.8) is 0 Å². The molecular formula is C6H5N3O2S. The predicted octanol–water partition coefficient (Wildman–Crippen LogP) is 0.302. The number of hydrogen-bond acceptors (Lipinski definition) is 3. The number of H-pyrrole nitrogens is 2. The fourth-order valence-corrected chi connectivity index (χ4v) is 1.27. The van der Waals surface area contributed by atoms with Gasteiger partial charge >= 0.3 is 0 Å². The van der Waals surface area contributed by atoms with Gasteiger partial charge in [-0.3, -0.25) is 0 Å². The van der Waals surface area contributed by atoms with E-state index in [0.29, 0.717) is 11.2 Å². The summed E-state index contributed by atoms with van der Waals surface area (Å²) in [4.78, 5) is 9.42. The maximum atomic E-state index is 10.5. The van der Waals surface area contributed by atoms with Gasteiger partial charge in [0.25, 0.3) is 0 Å². The zero-order valence-electron chi connectivity index (χ0n) is 5.90. The Morgan fingerprint density at radius 1 is 1.42 bits per heavy atom. The third-order valence-electron chi connectivity index (χ3n) is 1.47. The van der Waals surface area contributed by atoms with Crippen molar-refractivity contribution < 1.29 is 8.42 Å². The van der Waals surface area contributed by atoms with Crippen LogP contribution >= 0.6 is 0 Å². The Balaban J connectivity index is 3.05. The first-order valence-electron chi connectivity index (χ1n) is 3.22. The van der Waals surface area contributed by atoms with Crippen LogP contribution in [0.25, 0.3) is 11.2 Å². The summed E-state index contributed by atoms with van der Waals surface area (Å²) in [5.74, 6) is 0. The maximum Gasteiger partial charge on any atom is 0.239 e. The number of fused-ring (bicyclic) bond motifs is 1. The van der Waals surface area contributed by atoms with Gasteiger partial charge in [-0.25, -0.2) is 4.98 Å². The molecule has 2 aromatic rings. The molecule has 0 atom stereocenters. The summed E-state index contributed by atoms with van der Waals surface area (Å²) >= 11 is 0. The van der Waals surface area contributed by atoms with Gasteiger partial charge < -0.3 is 9.97 Å². The fraction of sp³-hybridized carbons (Fsp3) is 0. The summed E-state index contributed by atoms with van der Waals surface area (Å²) < 4.78 is 21.1. The highest BCUT2D eigenvalue weighted by Gasteiger charge is 1.93. The zero-order chi connectivity index (χ0) is 8.55. The van der Waals surface area contributed by atoms with E-state index in [2.05, 4.69) is 15.0 Å².